The third kappa shape index (κ3) is 5.28. The predicted molar refractivity (Wildman–Crippen MR) is 88.8 cm³/mol. The van der Waals surface area contributed by atoms with Crippen LogP contribution in [0, 0.1) is 5.92 Å². The van der Waals surface area contributed by atoms with Crippen LogP contribution in [0.4, 0.5) is 0 Å². The molecular formula is C16H34O5Si. The third-order valence-electron chi connectivity index (χ3n) is 4.10. The SMILES string of the molecule is CCO[Si](OCC)(OCC)C(CC)OCC(CC)C1CCO1. The zero-order valence-electron chi connectivity index (χ0n) is 14.9. The molecule has 0 spiro atoms. The molecule has 0 aromatic heterocycles. The first kappa shape index (κ1) is 20.1. The minimum Gasteiger partial charge on any atom is -0.378 e. The lowest BCUT2D eigenvalue weighted by molar-refractivity contribution is -0.111. The van der Waals surface area contributed by atoms with E-state index >= 15 is 0 Å². The van der Waals surface area contributed by atoms with Crippen LogP contribution in [0.15, 0.2) is 0 Å². The molecule has 1 fully saturated rings. The van der Waals surface area contributed by atoms with Crippen molar-refractivity contribution in [3.63, 3.8) is 0 Å². The first-order chi connectivity index (χ1) is 10.7. The van der Waals surface area contributed by atoms with E-state index in [1.807, 2.05) is 20.8 Å². The lowest BCUT2D eigenvalue weighted by Crippen LogP contribution is -2.58. The first-order valence-electron chi connectivity index (χ1n) is 8.82. The van der Waals surface area contributed by atoms with Crippen LogP contribution in [0.1, 0.15) is 53.9 Å². The maximum absolute atomic E-state index is 6.23. The Morgan fingerprint density at radius 3 is 1.82 bits per heavy atom. The summed E-state index contributed by atoms with van der Waals surface area (Å²) in [6.45, 7) is 13.5. The van der Waals surface area contributed by atoms with E-state index in [1.165, 1.54) is 0 Å². The molecule has 0 bridgehead atoms. The lowest BCUT2D eigenvalue weighted by Gasteiger charge is -2.37. The third-order valence-corrected chi connectivity index (χ3v) is 7.53. The lowest BCUT2D eigenvalue weighted by atomic mass is 9.95. The summed E-state index contributed by atoms with van der Waals surface area (Å²) in [6.07, 6.45) is 3.38. The maximum atomic E-state index is 6.23. The van der Waals surface area contributed by atoms with Crippen molar-refractivity contribution in [1.82, 2.24) is 0 Å². The highest BCUT2D eigenvalue weighted by Crippen LogP contribution is 2.26. The van der Waals surface area contributed by atoms with E-state index < -0.39 is 8.80 Å². The molecule has 3 unspecified atom stereocenters. The Balaban J connectivity index is 2.69. The van der Waals surface area contributed by atoms with Crippen molar-refractivity contribution in [2.45, 2.75) is 65.7 Å². The quantitative estimate of drug-likeness (QED) is 0.484. The van der Waals surface area contributed by atoms with Gasteiger partial charge in [-0.05, 0) is 40.0 Å². The highest BCUT2D eigenvalue weighted by Gasteiger charge is 2.50. The zero-order valence-corrected chi connectivity index (χ0v) is 15.9. The molecule has 1 rings (SSSR count). The van der Waals surface area contributed by atoms with Gasteiger partial charge in [-0.1, -0.05) is 13.8 Å². The molecule has 22 heavy (non-hydrogen) atoms. The van der Waals surface area contributed by atoms with Crippen LogP contribution >= 0.6 is 0 Å². The van der Waals surface area contributed by atoms with Gasteiger partial charge < -0.3 is 22.8 Å². The second kappa shape index (κ2) is 10.7. The fourth-order valence-electron chi connectivity index (χ4n) is 2.83. The standard InChI is InChI=1S/C16H34O5Si/c1-6-14(15-11-12-17-15)13-18-16(7-2)22(19-8-3,20-9-4)21-10-5/h14-16H,6-13H2,1-5H3. The second-order valence-corrected chi connectivity index (χ2v) is 8.22. The van der Waals surface area contributed by atoms with Crippen LogP contribution in [0.3, 0.4) is 0 Å². The van der Waals surface area contributed by atoms with Gasteiger partial charge in [-0.3, -0.25) is 0 Å². The maximum Gasteiger partial charge on any atom is 0.531 e. The summed E-state index contributed by atoms with van der Waals surface area (Å²) < 4.78 is 29.8. The summed E-state index contributed by atoms with van der Waals surface area (Å²) in [5.74, 6) is 0.444. The van der Waals surface area contributed by atoms with E-state index in [9.17, 15) is 0 Å². The van der Waals surface area contributed by atoms with Crippen molar-refractivity contribution < 1.29 is 22.8 Å². The number of rotatable bonds is 13. The van der Waals surface area contributed by atoms with Gasteiger partial charge in [0.25, 0.3) is 0 Å². The molecule has 132 valence electrons. The van der Waals surface area contributed by atoms with E-state index in [-0.39, 0.29) is 5.73 Å². The van der Waals surface area contributed by atoms with Crippen LogP contribution in [-0.2, 0) is 22.8 Å². The Hall–Kier alpha value is 0.0169. The van der Waals surface area contributed by atoms with E-state index in [4.69, 9.17) is 22.8 Å². The molecule has 1 aliphatic rings. The zero-order chi connectivity index (χ0) is 16.4. The van der Waals surface area contributed by atoms with Crippen LogP contribution in [0.2, 0.25) is 0 Å². The van der Waals surface area contributed by atoms with Gasteiger partial charge in [0.1, 0.15) is 5.73 Å². The molecule has 1 saturated heterocycles. The van der Waals surface area contributed by atoms with Crippen LogP contribution in [-0.4, -0.2) is 53.7 Å². The number of ether oxygens (including phenoxy) is 2. The molecule has 0 amide bonds. The molecule has 5 nitrogen and oxygen atoms in total. The highest BCUT2D eigenvalue weighted by molar-refractivity contribution is 6.62. The van der Waals surface area contributed by atoms with Gasteiger partial charge in [-0.25, -0.2) is 0 Å². The Labute approximate surface area is 137 Å². The minimum atomic E-state index is -2.79. The molecule has 1 heterocycles. The average Bonchev–Trinajstić information content (AvgIpc) is 2.45. The summed E-state index contributed by atoms with van der Waals surface area (Å²) in [7, 11) is -2.79. The molecule has 0 radical (unpaired) electrons. The summed E-state index contributed by atoms with van der Waals surface area (Å²) in [4.78, 5) is 0. The van der Waals surface area contributed by atoms with Crippen LogP contribution in [0.5, 0.6) is 0 Å². The van der Waals surface area contributed by atoms with Crippen molar-refractivity contribution in [2.75, 3.05) is 33.0 Å². The molecule has 6 heteroatoms. The van der Waals surface area contributed by atoms with E-state index in [2.05, 4.69) is 13.8 Å². The summed E-state index contributed by atoms with van der Waals surface area (Å²) in [5, 5.41) is 0. The Bertz CT molecular complexity index is 269. The van der Waals surface area contributed by atoms with Crippen molar-refractivity contribution >= 4 is 8.80 Å². The Morgan fingerprint density at radius 2 is 1.50 bits per heavy atom. The van der Waals surface area contributed by atoms with E-state index in [1.54, 1.807) is 0 Å². The highest BCUT2D eigenvalue weighted by atomic mass is 28.4. The van der Waals surface area contributed by atoms with Crippen LogP contribution < -0.4 is 0 Å². The molecule has 1 aliphatic heterocycles. The van der Waals surface area contributed by atoms with Crippen LogP contribution in [0.25, 0.3) is 0 Å². The molecule has 0 aromatic carbocycles. The molecule has 3 atom stereocenters. The van der Waals surface area contributed by atoms with E-state index in [0.29, 0.717) is 38.4 Å². The molecule has 0 N–H and O–H groups in total. The molecule has 0 saturated carbocycles. The Kier molecular flexibility index (Phi) is 9.78. The average molecular weight is 335 g/mol. The van der Waals surface area contributed by atoms with Gasteiger partial charge in [0.15, 0.2) is 0 Å². The topological polar surface area (TPSA) is 46.2 Å². The van der Waals surface area contributed by atoms with Gasteiger partial charge in [0.05, 0.1) is 12.7 Å². The fraction of sp³-hybridized carbons (Fsp3) is 1.00. The molecule has 0 aliphatic carbocycles. The fourth-order valence-corrected chi connectivity index (χ4v) is 5.65. The smallest absolute Gasteiger partial charge is 0.378 e. The van der Waals surface area contributed by atoms with Gasteiger partial charge >= 0.3 is 8.80 Å². The summed E-state index contributed by atoms with van der Waals surface area (Å²) >= 11 is 0. The normalized spacial score (nSPS) is 21.4. The molecular weight excluding hydrogens is 300 g/mol. The second-order valence-electron chi connectivity index (χ2n) is 5.50. The van der Waals surface area contributed by atoms with Gasteiger partial charge in [0, 0.05) is 32.3 Å². The van der Waals surface area contributed by atoms with Crippen molar-refractivity contribution in [1.29, 1.82) is 0 Å². The van der Waals surface area contributed by atoms with Gasteiger partial charge in [-0.15, -0.1) is 0 Å². The van der Waals surface area contributed by atoms with Crippen molar-refractivity contribution in [3.8, 4) is 0 Å². The summed E-state index contributed by atoms with van der Waals surface area (Å²) in [5.41, 5.74) is -0.110. The van der Waals surface area contributed by atoms with E-state index in [0.717, 1.165) is 25.9 Å². The Morgan fingerprint density at radius 1 is 0.955 bits per heavy atom. The monoisotopic (exact) mass is 334 g/mol. The molecule has 0 aromatic rings. The minimum absolute atomic E-state index is 0.110. The largest absolute Gasteiger partial charge is 0.531 e. The van der Waals surface area contributed by atoms with Crippen molar-refractivity contribution in [2.24, 2.45) is 5.92 Å². The first-order valence-corrected chi connectivity index (χ1v) is 10.6. The van der Waals surface area contributed by atoms with Gasteiger partial charge in [0.2, 0.25) is 0 Å². The predicted octanol–water partition coefficient (Wildman–Crippen LogP) is 3.18. The summed E-state index contributed by atoms with van der Waals surface area (Å²) in [6, 6.07) is 0. The number of hydrogen-bond acceptors (Lipinski definition) is 5. The number of hydrogen-bond donors (Lipinski definition) is 0. The van der Waals surface area contributed by atoms with Crippen molar-refractivity contribution in [3.05, 3.63) is 0 Å². The van der Waals surface area contributed by atoms with Gasteiger partial charge in [-0.2, -0.15) is 0 Å².